The first-order valence-electron chi connectivity index (χ1n) is 6.35. The highest BCUT2D eigenvalue weighted by Gasteiger charge is 2.10. The lowest BCUT2D eigenvalue weighted by Crippen LogP contribution is -2.26. The third-order valence-corrected chi connectivity index (χ3v) is 2.77. The molecule has 0 radical (unpaired) electrons. The second-order valence-electron chi connectivity index (χ2n) is 4.18. The Bertz CT molecular complexity index is 355. The Kier molecular flexibility index (Phi) is 6.54. The van der Waals surface area contributed by atoms with Crippen molar-refractivity contribution in [3.63, 3.8) is 0 Å². The van der Waals surface area contributed by atoms with Gasteiger partial charge in [-0.3, -0.25) is 0 Å². The topological polar surface area (TPSA) is 50.7 Å². The molecule has 1 unspecified atom stereocenters. The van der Waals surface area contributed by atoms with E-state index in [0.717, 1.165) is 23.5 Å². The van der Waals surface area contributed by atoms with Crippen molar-refractivity contribution in [2.24, 2.45) is 0 Å². The fourth-order valence-electron chi connectivity index (χ4n) is 1.78. The van der Waals surface area contributed by atoms with Crippen LogP contribution in [0.3, 0.4) is 0 Å². The van der Waals surface area contributed by atoms with Crippen LogP contribution in [0, 0.1) is 0 Å². The lowest BCUT2D eigenvalue weighted by atomic mass is 10.1. The fraction of sp³-hybridized carbons (Fsp3) is 0.571. The van der Waals surface area contributed by atoms with Crippen LogP contribution in [0.25, 0.3) is 0 Å². The fourth-order valence-corrected chi connectivity index (χ4v) is 1.78. The number of hydrogen-bond acceptors (Lipinski definition) is 4. The van der Waals surface area contributed by atoms with E-state index < -0.39 is 0 Å². The van der Waals surface area contributed by atoms with Crippen molar-refractivity contribution in [3.05, 3.63) is 23.8 Å². The summed E-state index contributed by atoms with van der Waals surface area (Å²) in [7, 11) is 1.65. The van der Waals surface area contributed by atoms with E-state index in [9.17, 15) is 0 Å². The minimum absolute atomic E-state index is 0.199. The first-order valence-corrected chi connectivity index (χ1v) is 6.35. The predicted molar refractivity (Wildman–Crippen MR) is 72.2 cm³/mol. The van der Waals surface area contributed by atoms with Gasteiger partial charge in [0.1, 0.15) is 0 Å². The molecular weight excluding hydrogens is 230 g/mol. The lowest BCUT2D eigenvalue weighted by molar-refractivity contribution is 0.268. The van der Waals surface area contributed by atoms with Gasteiger partial charge in [-0.15, -0.1) is 0 Å². The largest absolute Gasteiger partial charge is 0.493 e. The maximum atomic E-state index is 8.86. The van der Waals surface area contributed by atoms with E-state index in [0.29, 0.717) is 13.2 Å². The molecule has 0 aliphatic rings. The molecule has 0 aromatic heterocycles. The van der Waals surface area contributed by atoms with Crippen LogP contribution in [-0.4, -0.2) is 31.5 Å². The summed E-state index contributed by atoms with van der Waals surface area (Å²) >= 11 is 0. The van der Waals surface area contributed by atoms with Crippen LogP contribution < -0.4 is 14.8 Å². The van der Waals surface area contributed by atoms with E-state index in [1.165, 1.54) is 0 Å². The Labute approximate surface area is 109 Å². The van der Waals surface area contributed by atoms with Gasteiger partial charge in [0, 0.05) is 24.8 Å². The summed E-state index contributed by atoms with van der Waals surface area (Å²) < 4.78 is 10.9. The monoisotopic (exact) mass is 253 g/mol. The molecule has 18 heavy (non-hydrogen) atoms. The van der Waals surface area contributed by atoms with Crippen LogP contribution in [0.4, 0.5) is 0 Å². The Morgan fingerprint density at radius 1 is 1.39 bits per heavy atom. The number of ether oxygens (including phenoxy) is 2. The van der Waals surface area contributed by atoms with E-state index in [4.69, 9.17) is 14.6 Å². The average Bonchev–Trinajstić information content (AvgIpc) is 2.37. The SMILES string of the molecule is CCOc1cccc(CNC(C)CCO)c1OC. The third kappa shape index (κ3) is 4.20. The van der Waals surface area contributed by atoms with E-state index in [2.05, 4.69) is 12.2 Å². The van der Waals surface area contributed by atoms with Crippen molar-refractivity contribution in [1.82, 2.24) is 5.32 Å². The molecule has 1 aromatic rings. The van der Waals surface area contributed by atoms with Gasteiger partial charge in [0.15, 0.2) is 11.5 Å². The molecule has 1 aromatic carbocycles. The molecule has 1 rings (SSSR count). The minimum atomic E-state index is 0.199. The normalized spacial score (nSPS) is 12.2. The van der Waals surface area contributed by atoms with Crippen LogP contribution in [0.2, 0.25) is 0 Å². The smallest absolute Gasteiger partial charge is 0.165 e. The van der Waals surface area contributed by atoms with Crippen LogP contribution in [0.5, 0.6) is 11.5 Å². The highest BCUT2D eigenvalue weighted by atomic mass is 16.5. The van der Waals surface area contributed by atoms with Gasteiger partial charge >= 0.3 is 0 Å². The maximum Gasteiger partial charge on any atom is 0.165 e. The van der Waals surface area contributed by atoms with Crippen LogP contribution in [0.15, 0.2) is 18.2 Å². The van der Waals surface area contributed by atoms with Gasteiger partial charge in [-0.25, -0.2) is 0 Å². The number of aliphatic hydroxyl groups excluding tert-OH is 1. The number of methoxy groups -OCH3 is 1. The first kappa shape index (κ1) is 14.8. The molecule has 2 N–H and O–H groups in total. The summed E-state index contributed by atoms with van der Waals surface area (Å²) in [5, 5.41) is 12.2. The molecule has 0 saturated carbocycles. The van der Waals surface area contributed by atoms with E-state index in [1.54, 1.807) is 7.11 Å². The van der Waals surface area contributed by atoms with Crippen LogP contribution in [-0.2, 0) is 6.54 Å². The zero-order valence-electron chi connectivity index (χ0n) is 11.4. The quantitative estimate of drug-likeness (QED) is 0.743. The molecule has 0 bridgehead atoms. The molecular formula is C14H23NO3. The summed E-state index contributed by atoms with van der Waals surface area (Å²) in [5.41, 5.74) is 1.06. The van der Waals surface area contributed by atoms with Crippen molar-refractivity contribution in [2.45, 2.75) is 32.9 Å². The van der Waals surface area contributed by atoms with Gasteiger partial charge < -0.3 is 19.9 Å². The predicted octanol–water partition coefficient (Wildman–Crippen LogP) is 1.95. The number of benzene rings is 1. The van der Waals surface area contributed by atoms with Crippen molar-refractivity contribution in [3.8, 4) is 11.5 Å². The number of hydrogen-bond donors (Lipinski definition) is 2. The molecule has 0 saturated heterocycles. The molecule has 102 valence electrons. The molecule has 4 heteroatoms. The van der Waals surface area contributed by atoms with Crippen molar-refractivity contribution >= 4 is 0 Å². The van der Waals surface area contributed by atoms with Crippen molar-refractivity contribution < 1.29 is 14.6 Å². The lowest BCUT2D eigenvalue weighted by Gasteiger charge is -2.16. The molecule has 1 atom stereocenters. The van der Waals surface area contributed by atoms with E-state index in [-0.39, 0.29) is 12.6 Å². The zero-order chi connectivity index (χ0) is 13.4. The van der Waals surface area contributed by atoms with E-state index >= 15 is 0 Å². The summed E-state index contributed by atoms with van der Waals surface area (Å²) in [6.45, 7) is 5.52. The van der Waals surface area contributed by atoms with E-state index in [1.807, 2.05) is 25.1 Å². The molecule has 0 fully saturated rings. The minimum Gasteiger partial charge on any atom is -0.493 e. The standard InChI is InChI=1S/C14H23NO3/c1-4-18-13-7-5-6-12(14(13)17-3)10-15-11(2)8-9-16/h5-7,11,15-16H,4,8-10H2,1-3H3. The van der Waals surface area contributed by atoms with Gasteiger partial charge in [-0.1, -0.05) is 12.1 Å². The molecule has 4 nitrogen and oxygen atoms in total. The Balaban J connectivity index is 2.72. The Morgan fingerprint density at radius 2 is 2.17 bits per heavy atom. The number of para-hydroxylation sites is 1. The molecule has 0 spiro atoms. The molecule has 0 amide bonds. The molecule has 0 aliphatic carbocycles. The maximum absolute atomic E-state index is 8.86. The van der Waals surface area contributed by atoms with Gasteiger partial charge in [-0.2, -0.15) is 0 Å². The Hall–Kier alpha value is -1.26. The summed E-state index contributed by atoms with van der Waals surface area (Å²) in [4.78, 5) is 0. The highest BCUT2D eigenvalue weighted by molar-refractivity contribution is 5.46. The molecule has 0 aliphatic heterocycles. The number of aliphatic hydroxyl groups is 1. The average molecular weight is 253 g/mol. The van der Waals surface area contributed by atoms with Crippen LogP contribution >= 0.6 is 0 Å². The van der Waals surface area contributed by atoms with Gasteiger partial charge in [0.25, 0.3) is 0 Å². The van der Waals surface area contributed by atoms with Gasteiger partial charge in [0.2, 0.25) is 0 Å². The zero-order valence-corrected chi connectivity index (χ0v) is 11.4. The summed E-state index contributed by atoms with van der Waals surface area (Å²) in [6, 6.07) is 6.15. The van der Waals surface area contributed by atoms with Crippen molar-refractivity contribution in [2.75, 3.05) is 20.3 Å². The summed E-state index contributed by atoms with van der Waals surface area (Å²) in [5.74, 6) is 1.55. The number of nitrogens with one attached hydrogen (secondary N) is 1. The second kappa shape index (κ2) is 7.95. The third-order valence-electron chi connectivity index (χ3n) is 2.77. The summed E-state index contributed by atoms with van der Waals surface area (Å²) in [6.07, 6.45) is 0.744. The molecule has 0 heterocycles. The second-order valence-corrected chi connectivity index (χ2v) is 4.18. The van der Waals surface area contributed by atoms with Gasteiger partial charge in [-0.05, 0) is 26.3 Å². The van der Waals surface area contributed by atoms with Crippen LogP contribution in [0.1, 0.15) is 25.8 Å². The Morgan fingerprint density at radius 3 is 2.78 bits per heavy atom. The van der Waals surface area contributed by atoms with Gasteiger partial charge in [0.05, 0.1) is 13.7 Å². The highest BCUT2D eigenvalue weighted by Crippen LogP contribution is 2.30. The number of rotatable bonds is 8. The first-order chi connectivity index (χ1) is 8.72. The van der Waals surface area contributed by atoms with Crippen molar-refractivity contribution in [1.29, 1.82) is 0 Å².